The molecule has 0 unspecified atom stereocenters. The smallest absolute Gasteiger partial charge is 0.313 e. The number of nitrogens with zero attached hydrogens (tertiary/aromatic N) is 1. The summed E-state index contributed by atoms with van der Waals surface area (Å²) in [6, 6.07) is 7.66. The summed E-state index contributed by atoms with van der Waals surface area (Å²) < 4.78 is 4.83. The number of rotatable bonds is 5. The molecule has 2 N–H and O–H groups in total. The van der Waals surface area contributed by atoms with Gasteiger partial charge in [-0.2, -0.15) is 0 Å². The Labute approximate surface area is 109 Å². The molecule has 0 aromatic heterocycles. The third kappa shape index (κ3) is 3.39. The van der Waals surface area contributed by atoms with Crippen LogP contribution in [0.2, 0.25) is 0 Å². The molecule has 4 nitrogen and oxygen atoms in total. The first-order valence-corrected chi connectivity index (χ1v) is 6.09. The molecule has 0 amide bonds. The van der Waals surface area contributed by atoms with Crippen LogP contribution in [-0.2, 0) is 9.53 Å². The minimum Gasteiger partial charge on any atom is -0.469 e. The molecule has 1 rings (SSSR count). The molecule has 0 aliphatic heterocycles. The normalized spacial score (nSPS) is 11.1. The Kier molecular flexibility index (Phi) is 4.59. The SMILES string of the molecule is CCN(CC(C)(C)C(=O)OC)c1ccc(N)cc1. The number of ether oxygens (including phenoxy) is 1. The second-order valence-corrected chi connectivity index (χ2v) is 4.98. The van der Waals surface area contributed by atoms with Gasteiger partial charge in [0.1, 0.15) is 0 Å². The predicted octanol–water partition coefficient (Wildman–Crippen LogP) is 2.29. The number of anilines is 2. The number of benzene rings is 1. The lowest BCUT2D eigenvalue weighted by molar-refractivity contribution is -0.150. The molecule has 18 heavy (non-hydrogen) atoms. The van der Waals surface area contributed by atoms with Gasteiger partial charge in [0.05, 0.1) is 12.5 Å². The van der Waals surface area contributed by atoms with Crippen molar-refractivity contribution in [2.75, 3.05) is 30.8 Å². The Morgan fingerprint density at radius 2 is 1.89 bits per heavy atom. The van der Waals surface area contributed by atoms with Gasteiger partial charge in [0.15, 0.2) is 0 Å². The van der Waals surface area contributed by atoms with Crippen LogP contribution in [0.1, 0.15) is 20.8 Å². The van der Waals surface area contributed by atoms with Crippen molar-refractivity contribution in [2.24, 2.45) is 5.41 Å². The number of nitrogen functional groups attached to an aromatic ring is 1. The Hall–Kier alpha value is -1.71. The van der Waals surface area contributed by atoms with Gasteiger partial charge in [-0.15, -0.1) is 0 Å². The van der Waals surface area contributed by atoms with E-state index in [-0.39, 0.29) is 5.97 Å². The summed E-state index contributed by atoms with van der Waals surface area (Å²) in [4.78, 5) is 13.8. The van der Waals surface area contributed by atoms with Crippen molar-refractivity contribution in [3.8, 4) is 0 Å². The fourth-order valence-corrected chi connectivity index (χ4v) is 1.89. The molecule has 0 aliphatic rings. The standard InChI is InChI=1S/C14H22N2O2/c1-5-16(10-14(2,3)13(17)18-4)12-8-6-11(15)7-9-12/h6-9H,5,10,15H2,1-4H3. The van der Waals surface area contributed by atoms with Gasteiger partial charge in [-0.1, -0.05) is 0 Å². The summed E-state index contributed by atoms with van der Waals surface area (Å²) in [7, 11) is 1.42. The first-order chi connectivity index (χ1) is 8.40. The highest BCUT2D eigenvalue weighted by Gasteiger charge is 2.30. The van der Waals surface area contributed by atoms with Crippen molar-refractivity contribution >= 4 is 17.3 Å². The molecular weight excluding hydrogens is 228 g/mol. The van der Waals surface area contributed by atoms with E-state index in [1.54, 1.807) is 0 Å². The van der Waals surface area contributed by atoms with E-state index in [1.807, 2.05) is 38.1 Å². The number of nitrogens with two attached hydrogens (primary N) is 1. The summed E-state index contributed by atoms with van der Waals surface area (Å²) in [6.07, 6.45) is 0. The molecule has 0 atom stereocenters. The maximum Gasteiger partial charge on any atom is 0.313 e. The highest BCUT2D eigenvalue weighted by molar-refractivity contribution is 5.76. The van der Waals surface area contributed by atoms with E-state index in [0.717, 1.165) is 17.9 Å². The van der Waals surface area contributed by atoms with Crippen molar-refractivity contribution in [3.63, 3.8) is 0 Å². The molecule has 1 aromatic rings. The van der Waals surface area contributed by atoms with Crippen LogP contribution in [0, 0.1) is 5.41 Å². The second-order valence-electron chi connectivity index (χ2n) is 4.98. The molecule has 0 saturated carbocycles. The van der Waals surface area contributed by atoms with E-state index in [2.05, 4.69) is 11.8 Å². The van der Waals surface area contributed by atoms with Gasteiger partial charge in [-0.3, -0.25) is 4.79 Å². The number of methoxy groups -OCH3 is 1. The van der Waals surface area contributed by atoms with Gasteiger partial charge < -0.3 is 15.4 Å². The quantitative estimate of drug-likeness (QED) is 0.643. The average molecular weight is 250 g/mol. The maximum atomic E-state index is 11.7. The third-order valence-electron chi connectivity index (χ3n) is 2.96. The molecule has 0 radical (unpaired) electrons. The van der Waals surface area contributed by atoms with Crippen LogP contribution in [0.15, 0.2) is 24.3 Å². The molecule has 0 saturated heterocycles. The minimum atomic E-state index is -0.536. The summed E-state index contributed by atoms with van der Waals surface area (Å²) in [5, 5.41) is 0. The van der Waals surface area contributed by atoms with E-state index in [9.17, 15) is 4.79 Å². The molecule has 0 fully saturated rings. The number of hydrogen-bond donors (Lipinski definition) is 1. The summed E-state index contributed by atoms with van der Waals surface area (Å²) >= 11 is 0. The Morgan fingerprint density at radius 3 is 2.33 bits per heavy atom. The van der Waals surface area contributed by atoms with Gasteiger partial charge >= 0.3 is 5.97 Å². The fourth-order valence-electron chi connectivity index (χ4n) is 1.89. The number of esters is 1. The first kappa shape index (κ1) is 14.4. The molecule has 0 heterocycles. The van der Waals surface area contributed by atoms with Crippen LogP contribution >= 0.6 is 0 Å². The zero-order chi connectivity index (χ0) is 13.8. The molecule has 0 bridgehead atoms. The van der Waals surface area contributed by atoms with Crippen molar-refractivity contribution in [1.82, 2.24) is 0 Å². The van der Waals surface area contributed by atoms with Gasteiger partial charge in [0, 0.05) is 24.5 Å². The molecule has 100 valence electrons. The summed E-state index contributed by atoms with van der Waals surface area (Å²) in [5.74, 6) is -0.198. The lowest BCUT2D eigenvalue weighted by atomic mass is 9.92. The van der Waals surface area contributed by atoms with Crippen LogP contribution in [-0.4, -0.2) is 26.2 Å². The van der Waals surface area contributed by atoms with E-state index >= 15 is 0 Å². The molecule has 0 aliphatic carbocycles. The Bertz CT molecular complexity index is 399. The number of hydrogen-bond acceptors (Lipinski definition) is 4. The molecule has 4 heteroatoms. The number of carbonyl (C=O) groups is 1. The summed E-state index contributed by atoms with van der Waals surface area (Å²) in [6.45, 7) is 7.27. The minimum absolute atomic E-state index is 0.198. The fraction of sp³-hybridized carbons (Fsp3) is 0.500. The Balaban J connectivity index is 2.85. The van der Waals surface area contributed by atoms with Gasteiger partial charge in [-0.25, -0.2) is 0 Å². The zero-order valence-electron chi connectivity index (χ0n) is 11.6. The van der Waals surface area contributed by atoms with Gasteiger partial charge in [0.2, 0.25) is 0 Å². The molecular formula is C14H22N2O2. The van der Waals surface area contributed by atoms with Crippen LogP contribution < -0.4 is 10.6 Å². The van der Waals surface area contributed by atoms with Crippen molar-refractivity contribution < 1.29 is 9.53 Å². The maximum absolute atomic E-state index is 11.7. The van der Waals surface area contributed by atoms with Gasteiger partial charge in [-0.05, 0) is 45.0 Å². The van der Waals surface area contributed by atoms with Crippen LogP contribution in [0.5, 0.6) is 0 Å². The Morgan fingerprint density at radius 1 is 1.33 bits per heavy atom. The van der Waals surface area contributed by atoms with Crippen LogP contribution in [0.4, 0.5) is 11.4 Å². The van der Waals surface area contributed by atoms with Crippen LogP contribution in [0.3, 0.4) is 0 Å². The highest BCUT2D eigenvalue weighted by atomic mass is 16.5. The first-order valence-electron chi connectivity index (χ1n) is 6.09. The van der Waals surface area contributed by atoms with Crippen LogP contribution in [0.25, 0.3) is 0 Å². The molecule has 1 aromatic carbocycles. The van der Waals surface area contributed by atoms with Crippen molar-refractivity contribution in [1.29, 1.82) is 0 Å². The van der Waals surface area contributed by atoms with E-state index < -0.39 is 5.41 Å². The van der Waals surface area contributed by atoms with Crippen molar-refractivity contribution in [2.45, 2.75) is 20.8 Å². The predicted molar refractivity (Wildman–Crippen MR) is 74.5 cm³/mol. The molecule has 0 spiro atoms. The summed E-state index contributed by atoms with van der Waals surface area (Å²) in [5.41, 5.74) is 6.93. The highest BCUT2D eigenvalue weighted by Crippen LogP contribution is 2.24. The number of carbonyl (C=O) groups excluding carboxylic acids is 1. The van der Waals surface area contributed by atoms with E-state index in [0.29, 0.717) is 6.54 Å². The van der Waals surface area contributed by atoms with E-state index in [4.69, 9.17) is 10.5 Å². The van der Waals surface area contributed by atoms with Crippen molar-refractivity contribution in [3.05, 3.63) is 24.3 Å². The van der Waals surface area contributed by atoms with Gasteiger partial charge in [0.25, 0.3) is 0 Å². The second kappa shape index (κ2) is 5.76. The van der Waals surface area contributed by atoms with E-state index in [1.165, 1.54) is 7.11 Å². The average Bonchev–Trinajstić information content (AvgIpc) is 2.36. The third-order valence-corrected chi connectivity index (χ3v) is 2.96. The largest absolute Gasteiger partial charge is 0.469 e. The zero-order valence-corrected chi connectivity index (χ0v) is 11.6. The lowest BCUT2D eigenvalue weighted by Crippen LogP contribution is -2.40. The monoisotopic (exact) mass is 250 g/mol. The lowest BCUT2D eigenvalue weighted by Gasteiger charge is -2.31. The topological polar surface area (TPSA) is 55.6 Å².